The molecule has 108 valence electrons. The highest BCUT2D eigenvalue weighted by atomic mass is 16.4. The molecular weight excluding hydrogens is 244 g/mol. The highest BCUT2D eigenvalue weighted by molar-refractivity contribution is 5.78. The Balaban J connectivity index is 1.83. The summed E-state index contributed by atoms with van der Waals surface area (Å²) in [6.07, 6.45) is 4.37. The molecule has 0 aromatic rings. The predicted octanol–water partition coefficient (Wildman–Crippen LogP) is 1.04. The number of piperidine rings is 2. The number of hydrogen-bond donors (Lipinski definition) is 1. The zero-order valence-corrected chi connectivity index (χ0v) is 11.7. The van der Waals surface area contributed by atoms with E-state index in [4.69, 9.17) is 5.11 Å². The van der Waals surface area contributed by atoms with Gasteiger partial charge in [-0.2, -0.15) is 0 Å². The van der Waals surface area contributed by atoms with Crippen LogP contribution in [0.3, 0.4) is 0 Å². The molecule has 5 heteroatoms. The van der Waals surface area contributed by atoms with Crippen molar-refractivity contribution in [1.82, 2.24) is 9.80 Å². The Kier molecular flexibility index (Phi) is 4.80. The molecule has 0 radical (unpaired) electrons. The van der Waals surface area contributed by atoms with Gasteiger partial charge in [-0.05, 0) is 45.2 Å². The smallest absolute Gasteiger partial charge is 0.308 e. The van der Waals surface area contributed by atoms with Crippen molar-refractivity contribution in [2.75, 3.05) is 33.2 Å². The molecule has 2 fully saturated rings. The van der Waals surface area contributed by atoms with Crippen molar-refractivity contribution in [2.24, 2.45) is 11.8 Å². The van der Waals surface area contributed by atoms with E-state index >= 15 is 0 Å². The molecule has 2 aliphatic heterocycles. The van der Waals surface area contributed by atoms with Crippen LogP contribution in [-0.4, -0.2) is 60.0 Å². The minimum Gasteiger partial charge on any atom is -0.481 e. The molecule has 0 aromatic heterocycles. The zero-order valence-electron chi connectivity index (χ0n) is 11.7. The van der Waals surface area contributed by atoms with Crippen molar-refractivity contribution < 1.29 is 14.7 Å². The van der Waals surface area contributed by atoms with Crippen molar-refractivity contribution in [3.05, 3.63) is 0 Å². The summed E-state index contributed by atoms with van der Waals surface area (Å²) < 4.78 is 0. The van der Waals surface area contributed by atoms with Gasteiger partial charge in [0.1, 0.15) is 0 Å². The first-order valence-corrected chi connectivity index (χ1v) is 7.25. The number of likely N-dealkylation sites (tertiary alicyclic amines) is 2. The maximum atomic E-state index is 12.3. The van der Waals surface area contributed by atoms with Gasteiger partial charge in [-0.15, -0.1) is 0 Å². The van der Waals surface area contributed by atoms with Gasteiger partial charge < -0.3 is 14.9 Å². The number of amides is 1. The highest BCUT2D eigenvalue weighted by Gasteiger charge is 2.29. The first-order chi connectivity index (χ1) is 9.06. The van der Waals surface area contributed by atoms with E-state index < -0.39 is 5.97 Å². The maximum Gasteiger partial charge on any atom is 0.308 e. The van der Waals surface area contributed by atoms with Crippen LogP contribution in [0.25, 0.3) is 0 Å². The van der Waals surface area contributed by atoms with E-state index in [2.05, 4.69) is 11.9 Å². The van der Waals surface area contributed by atoms with Crippen LogP contribution in [0.5, 0.6) is 0 Å². The second-order valence-electron chi connectivity index (χ2n) is 5.99. The van der Waals surface area contributed by atoms with Crippen molar-refractivity contribution in [2.45, 2.75) is 32.1 Å². The van der Waals surface area contributed by atoms with E-state index in [0.29, 0.717) is 25.3 Å². The molecule has 1 N–H and O–H groups in total. The molecule has 2 atom stereocenters. The fourth-order valence-corrected chi connectivity index (χ4v) is 3.22. The number of carbonyl (C=O) groups excluding carboxylic acids is 1. The maximum absolute atomic E-state index is 12.3. The molecule has 2 heterocycles. The van der Waals surface area contributed by atoms with Gasteiger partial charge in [0.25, 0.3) is 0 Å². The largest absolute Gasteiger partial charge is 0.481 e. The van der Waals surface area contributed by atoms with E-state index in [-0.39, 0.29) is 11.8 Å². The summed E-state index contributed by atoms with van der Waals surface area (Å²) in [7, 11) is 2.10. The molecule has 2 saturated heterocycles. The molecule has 2 unspecified atom stereocenters. The van der Waals surface area contributed by atoms with E-state index in [9.17, 15) is 9.59 Å². The molecule has 0 bridgehead atoms. The van der Waals surface area contributed by atoms with Gasteiger partial charge in [-0.1, -0.05) is 0 Å². The van der Waals surface area contributed by atoms with Crippen molar-refractivity contribution in [3.8, 4) is 0 Å². The summed E-state index contributed by atoms with van der Waals surface area (Å²) in [5, 5.41) is 9.05. The predicted molar refractivity (Wildman–Crippen MR) is 71.8 cm³/mol. The first kappa shape index (κ1) is 14.3. The molecule has 2 rings (SSSR count). The van der Waals surface area contributed by atoms with Gasteiger partial charge in [-0.25, -0.2) is 0 Å². The zero-order chi connectivity index (χ0) is 13.8. The number of rotatable bonds is 3. The van der Waals surface area contributed by atoms with Crippen LogP contribution < -0.4 is 0 Å². The second-order valence-corrected chi connectivity index (χ2v) is 5.99. The van der Waals surface area contributed by atoms with E-state index in [0.717, 1.165) is 38.9 Å². The lowest BCUT2D eigenvalue weighted by Gasteiger charge is -2.34. The summed E-state index contributed by atoms with van der Waals surface area (Å²) in [6, 6.07) is 0. The van der Waals surface area contributed by atoms with E-state index in [1.54, 1.807) is 4.90 Å². The van der Waals surface area contributed by atoms with Gasteiger partial charge in [0.2, 0.25) is 5.91 Å². The van der Waals surface area contributed by atoms with E-state index in [1.165, 1.54) is 0 Å². The summed E-state index contributed by atoms with van der Waals surface area (Å²) in [6.45, 7) is 3.24. The molecule has 19 heavy (non-hydrogen) atoms. The summed E-state index contributed by atoms with van der Waals surface area (Å²) in [4.78, 5) is 27.3. The number of nitrogens with zero attached hydrogens (tertiary/aromatic N) is 2. The fraction of sp³-hybridized carbons (Fsp3) is 0.857. The Labute approximate surface area is 114 Å². The number of carboxylic acids is 1. The standard InChI is InChI=1S/C14H24N2O3/c1-15-6-2-4-11(9-15)8-13(17)16-7-3-5-12(10-16)14(18)19/h11-12H,2-10H2,1H3,(H,18,19). The quantitative estimate of drug-likeness (QED) is 0.831. The lowest BCUT2D eigenvalue weighted by Crippen LogP contribution is -2.44. The number of carboxylic acid groups (broad SMARTS) is 1. The van der Waals surface area contributed by atoms with Crippen molar-refractivity contribution >= 4 is 11.9 Å². The van der Waals surface area contributed by atoms with Crippen LogP contribution in [-0.2, 0) is 9.59 Å². The molecule has 0 aliphatic carbocycles. The number of carbonyl (C=O) groups is 2. The summed E-state index contributed by atoms with van der Waals surface area (Å²) >= 11 is 0. The van der Waals surface area contributed by atoms with Gasteiger partial charge >= 0.3 is 5.97 Å². The lowest BCUT2D eigenvalue weighted by molar-refractivity contribution is -0.146. The molecule has 1 amide bonds. The van der Waals surface area contributed by atoms with Gasteiger partial charge in [-0.3, -0.25) is 9.59 Å². The first-order valence-electron chi connectivity index (χ1n) is 7.25. The van der Waals surface area contributed by atoms with Crippen LogP contribution in [0, 0.1) is 11.8 Å². The monoisotopic (exact) mass is 268 g/mol. The van der Waals surface area contributed by atoms with Gasteiger partial charge in [0, 0.05) is 26.1 Å². The Hall–Kier alpha value is -1.10. The molecule has 0 aromatic carbocycles. The van der Waals surface area contributed by atoms with Crippen LogP contribution in [0.2, 0.25) is 0 Å². The Morgan fingerprint density at radius 2 is 1.89 bits per heavy atom. The summed E-state index contributed by atoms with van der Waals surface area (Å²) in [5.74, 6) is -0.552. The van der Waals surface area contributed by atoms with Gasteiger partial charge in [0.15, 0.2) is 0 Å². The molecule has 0 spiro atoms. The Bertz CT molecular complexity index is 346. The fourth-order valence-electron chi connectivity index (χ4n) is 3.22. The normalized spacial score (nSPS) is 29.2. The molecular formula is C14H24N2O3. The SMILES string of the molecule is CN1CCCC(CC(=O)N2CCCC(C(=O)O)C2)C1. The summed E-state index contributed by atoms with van der Waals surface area (Å²) in [5.41, 5.74) is 0. The topological polar surface area (TPSA) is 60.9 Å². The average molecular weight is 268 g/mol. The number of hydrogen-bond acceptors (Lipinski definition) is 3. The van der Waals surface area contributed by atoms with Crippen molar-refractivity contribution in [3.63, 3.8) is 0 Å². The van der Waals surface area contributed by atoms with Crippen LogP contribution >= 0.6 is 0 Å². The highest BCUT2D eigenvalue weighted by Crippen LogP contribution is 2.22. The molecule has 2 aliphatic rings. The van der Waals surface area contributed by atoms with Crippen molar-refractivity contribution in [1.29, 1.82) is 0 Å². The van der Waals surface area contributed by atoms with Gasteiger partial charge in [0.05, 0.1) is 5.92 Å². The Morgan fingerprint density at radius 3 is 2.58 bits per heavy atom. The van der Waals surface area contributed by atoms with Crippen LogP contribution in [0.1, 0.15) is 32.1 Å². The third-order valence-electron chi connectivity index (χ3n) is 4.31. The Morgan fingerprint density at radius 1 is 1.16 bits per heavy atom. The van der Waals surface area contributed by atoms with Crippen LogP contribution in [0.4, 0.5) is 0 Å². The third kappa shape index (κ3) is 3.93. The third-order valence-corrected chi connectivity index (χ3v) is 4.31. The molecule has 5 nitrogen and oxygen atoms in total. The molecule has 0 saturated carbocycles. The lowest BCUT2D eigenvalue weighted by atomic mass is 9.93. The van der Waals surface area contributed by atoms with Crippen LogP contribution in [0.15, 0.2) is 0 Å². The second kappa shape index (κ2) is 6.37. The number of aliphatic carboxylic acids is 1. The van der Waals surface area contributed by atoms with E-state index in [1.807, 2.05) is 0 Å². The minimum absolute atomic E-state index is 0.145. The average Bonchev–Trinajstić information content (AvgIpc) is 2.39. The minimum atomic E-state index is -0.769.